The summed E-state index contributed by atoms with van der Waals surface area (Å²) in [7, 11) is 1.60. The van der Waals surface area contributed by atoms with Gasteiger partial charge in [0.2, 0.25) is 0 Å². The van der Waals surface area contributed by atoms with Crippen molar-refractivity contribution in [3.8, 4) is 22.3 Å². The summed E-state index contributed by atoms with van der Waals surface area (Å²) in [6.07, 6.45) is 3.91. The molecule has 4 atom stereocenters. The number of rotatable bonds is 21. The van der Waals surface area contributed by atoms with Crippen molar-refractivity contribution in [3.05, 3.63) is 120 Å². The van der Waals surface area contributed by atoms with Gasteiger partial charge in [-0.15, -0.1) is 0 Å². The first kappa shape index (κ1) is 45.2. The van der Waals surface area contributed by atoms with Gasteiger partial charge in [-0.3, -0.25) is 9.59 Å². The van der Waals surface area contributed by atoms with Gasteiger partial charge in [0.05, 0.1) is 38.3 Å². The molecule has 294 valence electrons. The van der Waals surface area contributed by atoms with Crippen LogP contribution in [0.3, 0.4) is 0 Å². The SMILES string of the molecule is CCOC(=O)[C@H](CO)C[C@H](CB(C)O)Cc1ccc(-c2ccccc2)cc1.CCOC(=O)[C@H](COC)C[C@H](CB(C)O)Cc1ccc(-c2ccccc2)cc1. The van der Waals surface area contributed by atoms with Crippen LogP contribution in [0, 0.1) is 23.7 Å². The van der Waals surface area contributed by atoms with E-state index >= 15 is 0 Å². The Bertz CT molecular complexity index is 1630. The van der Waals surface area contributed by atoms with Gasteiger partial charge in [0.25, 0.3) is 13.8 Å². The van der Waals surface area contributed by atoms with Crippen molar-refractivity contribution in [1.29, 1.82) is 0 Å². The van der Waals surface area contributed by atoms with Gasteiger partial charge >= 0.3 is 11.9 Å². The summed E-state index contributed by atoms with van der Waals surface area (Å²) in [6.45, 7) is 7.00. The zero-order chi connectivity index (χ0) is 40.0. The molecule has 0 aliphatic heterocycles. The van der Waals surface area contributed by atoms with Crippen LogP contribution in [0.2, 0.25) is 26.3 Å². The number of esters is 2. The van der Waals surface area contributed by atoms with Crippen LogP contribution >= 0.6 is 0 Å². The smallest absolute Gasteiger partial charge is 0.311 e. The minimum Gasteiger partial charge on any atom is -0.466 e. The van der Waals surface area contributed by atoms with Crippen LogP contribution in [0.5, 0.6) is 0 Å². The van der Waals surface area contributed by atoms with E-state index in [-0.39, 0.29) is 36.3 Å². The van der Waals surface area contributed by atoms with Crippen molar-refractivity contribution >= 4 is 25.8 Å². The summed E-state index contributed by atoms with van der Waals surface area (Å²) < 4.78 is 15.5. The number of benzene rings is 4. The molecule has 4 rings (SSSR count). The molecule has 0 saturated heterocycles. The first-order chi connectivity index (χ1) is 26.6. The molecular formula is C45H60B2O8. The van der Waals surface area contributed by atoms with E-state index in [4.69, 9.17) is 14.2 Å². The molecular weight excluding hydrogens is 690 g/mol. The van der Waals surface area contributed by atoms with Gasteiger partial charge in [-0.05, 0) is 97.4 Å². The maximum atomic E-state index is 12.2. The quantitative estimate of drug-likeness (QED) is 0.0579. The first-order valence-corrected chi connectivity index (χ1v) is 19.6. The maximum Gasteiger partial charge on any atom is 0.311 e. The van der Waals surface area contributed by atoms with Crippen LogP contribution in [-0.2, 0) is 36.6 Å². The van der Waals surface area contributed by atoms with Crippen LogP contribution in [0.25, 0.3) is 22.3 Å². The van der Waals surface area contributed by atoms with E-state index in [1.54, 1.807) is 27.7 Å². The predicted molar refractivity (Wildman–Crippen MR) is 224 cm³/mol. The second-order valence-corrected chi connectivity index (χ2v) is 14.4. The number of carbonyl (C=O) groups is 2. The van der Waals surface area contributed by atoms with Crippen LogP contribution < -0.4 is 0 Å². The first-order valence-electron chi connectivity index (χ1n) is 19.6. The predicted octanol–water partition coefficient (Wildman–Crippen LogP) is 8.03. The minimum absolute atomic E-state index is 0.0918. The maximum absolute atomic E-state index is 12.2. The molecule has 0 spiro atoms. The fraction of sp³-hybridized carbons (Fsp3) is 0.422. The lowest BCUT2D eigenvalue weighted by molar-refractivity contribution is -0.151. The summed E-state index contributed by atoms with van der Waals surface area (Å²) in [5.74, 6) is -1.18. The molecule has 4 aromatic carbocycles. The molecule has 0 aliphatic rings. The summed E-state index contributed by atoms with van der Waals surface area (Å²) in [5, 5.41) is 29.3. The highest BCUT2D eigenvalue weighted by atomic mass is 16.5. The second kappa shape index (κ2) is 25.0. The Labute approximate surface area is 329 Å². The number of carbonyl (C=O) groups excluding carboxylic acids is 2. The van der Waals surface area contributed by atoms with Gasteiger partial charge in [-0.1, -0.05) is 123 Å². The highest BCUT2D eigenvalue weighted by molar-refractivity contribution is 6.48. The van der Waals surface area contributed by atoms with Gasteiger partial charge in [-0.2, -0.15) is 0 Å². The lowest BCUT2D eigenvalue weighted by atomic mass is 9.62. The fourth-order valence-electron chi connectivity index (χ4n) is 7.09. The number of hydrogen-bond donors (Lipinski definition) is 3. The molecule has 0 aliphatic carbocycles. The third-order valence-corrected chi connectivity index (χ3v) is 9.58. The molecule has 0 radical (unpaired) electrons. The molecule has 0 bridgehead atoms. The van der Waals surface area contributed by atoms with E-state index in [0.29, 0.717) is 45.3 Å². The standard InChI is InChI=1S/C23H31BO4.C22H29BO4/c1-4-28-23(25)22(17-27-3)15-19(16-24(2)26)14-18-10-12-21(13-11-18)20-8-6-5-7-9-20;1-3-27-22(25)21(16-24)14-18(15-23(2)26)13-17-9-11-20(12-10-17)19-7-5-4-6-8-19/h5-13,19,22,26H,4,14-17H2,1-3H3;4-12,18,21,24,26H,3,13-16H2,1-2H3/t19-,22+;18-,21+/m11/s1. The largest absolute Gasteiger partial charge is 0.466 e. The van der Waals surface area contributed by atoms with Crippen molar-refractivity contribution < 1.29 is 39.0 Å². The van der Waals surface area contributed by atoms with E-state index in [1.807, 2.05) is 43.3 Å². The highest BCUT2D eigenvalue weighted by Gasteiger charge is 2.27. The monoisotopic (exact) mass is 750 g/mol. The lowest BCUT2D eigenvalue weighted by Gasteiger charge is -2.23. The van der Waals surface area contributed by atoms with E-state index < -0.39 is 19.7 Å². The molecule has 0 aromatic heterocycles. The lowest BCUT2D eigenvalue weighted by Crippen LogP contribution is -2.27. The number of aliphatic hydroxyl groups is 1. The molecule has 55 heavy (non-hydrogen) atoms. The van der Waals surface area contributed by atoms with Gasteiger partial charge in [0.1, 0.15) is 0 Å². The number of hydrogen-bond acceptors (Lipinski definition) is 8. The Morgan fingerprint density at radius 1 is 0.582 bits per heavy atom. The molecule has 3 N–H and O–H groups in total. The molecule has 0 fully saturated rings. The minimum atomic E-state index is -0.544. The molecule has 8 nitrogen and oxygen atoms in total. The molecule has 0 amide bonds. The molecule has 4 aromatic rings. The van der Waals surface area contributed by atoms with Gasteiger partial charge < -0.3 is 29.4 Å². The average molecular weight is 751 g/mol. The van der Waals surface area contributed by atoms with Crippen molar-refractivity contribution in [1.82, 2.24) is 0 Å². The Morgan fingerprint density at radius 3 is 1.29 bits per heavy atom. The molecule has 0 unspecified atom stereocenters. The Morgan fingerprint density at radius 2 is 0.945 bits per heavy atom. The summed E-state index contributed by atoms with van der Waals surface area (Å²) in [6, 6.07) is 37.4. The van der Waals surface area contributed by atoms with E-state index in [9.17, 15) is 24.7 Å². The van der Waals surface area contributed by atoms with Gasteiger partial charge in [0.15, 0.2) is 0 Å². The van der Waals surface area contributed by atoms with Crippen molar-refractivity contribution in [2.75, 3.05) is 33.5 Å². The van der Waals surface area contributed by atoms with Crippen molar-refractivity contribution in [2.45, 2.75) is 65.8 Å². The summed E-state index contributed by atoms with van der Waals surface area (Å²) >= 11 is 0. The van der Waals surface area contributed by atoms with E-state index in [0.717, 1.165) is 24.0 Å². The molecule has 0 heterocycles. The van der Waals surface area contributed by atoms with E-state index in [1.165, 1.54) is 22.3 Å². The van der Waals surface area contributed by atoms with Crippen molar-refractivity contribution in [2.24, 2.45) is 23.7 Å². The zero-order valence-electron chi connectivity index (χ0n) is 33.3. The Balaban J connectivity index is 0.000000296. The van der Waals surface area contributed by atoms with E-state index in [2.05, 4.69) is 72.8 Å². The third kappa shape index (κ3) is 16.6. The number of aliphatic hydroxyl groups excluding tert-OH is 1. The topological polar surface area (TPSA) is 123 Å². The number of ether oxygens (including phenoxy) is 3. The van der Waals surface area contributed by atoms with Crippen LogP contribution in [0.15, 0.2) is 109 Å². The number of methoxy groups -OCH3 is 1. The molecule has 0 saturated carbocycles. The zero-order valence-corrected chi connectivity index (χ0v) is 33.3. The summed E-state index contributed by atoms with van der Waals surface area (Å²) in [4.78, 5) is 24.2. The fourth-order valence-corrected chi connectivity index (χ4v) is 7.09. The Kier molecular flexibility index (Phi) is 20.6. The van der Waals surface area contributed by atoms with Gasteiger partial charge in [0, 0.05) is 7.11 Å². The van der Waals surface area contributed by atoms with Crippen LogP contribution in [0.4, 0.5) is 0 Å². The Hall–Kier alpha value is -4.21. The average Bonchev–Trinajstić information content (AvgIpc) is 3.18. The second-order valence-electron chi connectivity index (χ2n) is 14.4. The summed E-state index contributed by atoms with van der Waals surface area (Å²) in [5.41, 5.74) is 7.06. The van der Waals surface area contributed by atoms with Gasteiger partial charge in [-0.25, -0.2) is 0 Å². The molecule has 10 heteroatoms. The highest BCUT2D eigenvalue weighted by Crippen LogP contribution is 2.27. The normalized spacial score (nSPS) is 13.0. The third-order valence-electron chi connectivity index (χ3n) is 9.58. The van der Waals surface area contributed by atoms with Crippen LogP contribution in [0.1, 0.15) is 37.8 Å². The van der Waals surface area contributed by atoms with Crippen LogP contribution in [-0.4, -0.2) is 74.5 Å². The van der Waals surface area contributed by atoms with Crippen molar-refractivity contribution in [3.63, 3.8) is 0 Å².